The molecular weight excluding hydrogens is 372 g/mol. The molecule has 4 rings (SSSR count). The van der Waals surface area contributed by atoms with Crippen molar-refractivity contribution in [2.24, 2.45) is 11.8 Å². The number of piperidine rings is 1. The van der Waals surface area contributed by atoms with Gasteiger partial charge in [-0.05, 0) is 32.3 Å². The second kappa shape index (κ2) is 8.44. The summed E-state index contributed by atoms with van der Waals surface area (Å²) in [6.07, 6.45) is 1.92. The molecule has 0 radical (unpaired) electrons. The summed E-state index contributed by atoms with van der Waals surface area (Å²) in [4.78, 5) is 27.9. The van der Waals surface area contributed by atoms with Crippen molar-refractivity contribution in [3.63, 3.8) is 0 Å². The monoisotopic (exact) mass is 400 g/mol. The molecule has 29 heavy (non-hydrogen) atoms. The normalized spacial score (nSPS) is 23.8. The molecule has 1 amide bonds. The first kappa shape index (κ1) is 19.8. The van der Waals surface area contributed by atoms with E-state index in [1.807, 2.05) is 19.9 Å². The second-order valence-corrected chi connectivity index (χ2v) is 8.01. The molecule has 2 saturated heterocycles. The van der Waals surface area contributed by atoms with Gasteiger partial charge in [0, 0.05) is 50.3 Å². The maximum absolute atomic E-state index is 12.3. The molecule has 0 unspecified atom stereocenters. The summed E-state index contributed by atoms with van der Waals surface area (Å²) in [5.74, 6) is 2.78. The van der Waals surface area contributed by atoms with Crippen LogP contribution in [0.3, 0.4) is 0 Å². The predicted molar refractivity (Wildman–Crippen MR) is 105 cm³/mol. The fraction of sp³-hybridized carbons (Fsp3) is 0.650. The average molecular weight is 400 g/mol. The van der Waals surface area contributed by atoms with E-state index in [0.717, 1.165) is 36.8 Å². The fourth-order valence-corrected chi connectivity index (χ4v) is 4.34. The van der Waals surface area contributed by atoms with Crippen molar-refractivity contribution < 1.29 is 14.1 Å². The molecule has 1 N–H and O–H groups in total. The van der Waals surface area contributed by atoms with Crippen molar-refractivity contribution in [2.75, 3.05) is 31.1 Å². The third-order valence-electron chi connectivity index (χ3n) is 5.67. The third-order valence-corrected chi connectivity index (χ3v) is 5.67. The molecule has 0 saturated carbocycles. The highest BCUT2D eigenvalue weighted by Gasteiger charge is 2.42. The summed E-state index contributed by atoms with van der Waals surface area (Å²) in [6.45, 7) is 8.70. The Morgan fingerprint density at radius 1 is 1.24 bits per heavy atom. The fourth-order valence-electron chi connectivity index (χ4n) is 4.34. The number of nitrogens with one attached hydrogen (secondary N) is 1. The van der Waals surface area contributed by atoms with Crippen LogP contribution in [0, 0.1) is 32.6 Å². The van der Waals surface area contributed by atoms with Gasteiger partial charge in [0.15, 0.2) is 5.82 Å². The molecule has 2 aliphatic rings. The minimum Gasteiger partial charge on any atom is -0.377 e. The summed E-state index contributed by atoms with van der Waals surface area (Å²) >= 11 is 0. The first-order chi connectivity index (χ1) is 14.0. The lowest BCUT2D eigenvalue weighted by Crippen LogP contribution is -2.43. The van der Waals surface area contributed by atoms with Crippen LogP contribution in [0.1, 0.15) is 35.9 Å². The number of hydrogen-bond acceptors (Lipinski definition) is 8. The van der Waals surface area contributed by atoms with Crippen molar-refractivity contribution in [1.29, 1.82) is 0 Å². The van der Waals surface area contributed by atoms with Gasteiger partial charge in [0.25, 0.3) is 0 Å². The summed E-state index contributed by atoms with van der Waals surface area (Å²) in [7, 11) is 0. The van der Waals surface area contributed by atoms with Crippen LogP contribution in [-0.2, 0) is 16.0 Å². The number of aromatic nitrogens is 4. The molecule has 9 nitrogen and oxygen atoms in total. The number of hydrogen-bond donors (Lipinski definition) is 1. The van der Waals surface area contributed by atoms with Crippen molar-refractivity contribution >= 4 is 11.9 Å². The van der Waals surface area contributed by atoms with Gasteiger partial charge in [-0.25, -0.2) is 9.97 Å². The van der Waals surface area contributed by atoms with Crippen LogP contribution in [0.25, 0.3) is 0 Å². The number of amides is 1. The SMILES string of the molecule is Cc1cc(C)nc(N2CC[C@@H]3[C@@H](CO[C@H]3CC(=O)NCCc3noc(C)n3)C2)n1. The van der Waals surface area contributed by atoms with Gasteiger partial charge in [-0.1, -0.05) is 5.16 Å². The van der Waals surface area contributed by atoms with Gasteiger partial charge in [0.05, 0.1) is 19.1 Å². The van der Waals surface area contributed by atoms with Crippen LogP contribution in [0.15, 0.2) is 10.6 Å². The molecule has 0 bridgehead atoms. The van der Waals surface area contributed by atoms with E-state index < -0.39 is 0 Å². The quantitative estimate of drug-likeness (QED) is 0.775. The zero-order valence-electron chi connectivity index (χ0n) is 17.2. The van der Waals surface area contributed by atoms with Crippen LogP contribution in [0.2, 0.25) is 0 Å². The van der Waals surface area contributed by atoms with Crippen LogP contribution < -0.4 is 10.2 Å². The largest absolute Gasteiger partial charge is 0.377 e. The highest BCUT2D eigenvalue weighted by atomic mass is 16.5. The van der Waals surface area contributed by atoms with Crippen molar-refractivity contribution in [3.05, 3.63) is 29.2 Å². The first-order valence-corrected chi connectivity index (χ1v) is 10.2. The lowest BCUT2D eigenvalue weighted by atomic mass is 9.83. The molecule has 156 valence electrons. The zero-order valence-corrected chi connectivity index (χ0v) is 17.2. The Hall–Kier alpha value is -2.55. The Labute approximate surface area is 170 Å². The number of fused-ring (bicyclic) bond motifs is 1. The van der Waals surface area contributed by atoms with E-state index in [4.69, 9.17) is 9.26 Å². The maximum atomic E-state index is 12.3. The van der Waals surface area contributed by atoms with E-state index in [9.17, 15) is 4.79 Å². The summed E-state index contributed by atoms with van der Waals surface area (Å²) in [5.41, 5.74) is 1.98. The molecule has 2 aromatic rings. The van der Waals surface area contributed by atoms with Crippen LogP contribution in [0.5, 0.6) is 0 Å². The van der Waals surface area contributed by atoms with E-state index in [0.29, 0.717) is 49.5 Å². The maximum Gasteiger partial charge on any atom is 0.225 e. The Morgan fingerprint density at radius 2 is 2.03 bits per heavy atom. The van der Waals surface area contributed by atoms with Gasteiger partial charge in [-0.3, -0.25) is 4.79 Å². The lowest BCUT2D eigenvalue weighted by Gasteiger charge is -2.35. The standard InChI is InChI=1S/C20H28N6O3/c1-12-8-13(2)23-20(22-12)26-7-5-16-15(10-26)11-28-17(16)9-19(27)21-6-4-18-24-14(3)29-25-18/h8,15-17H,4-7,9-11H2,1-3H3,(H,21,27)/t15-,16-,17+/m1/s1. The predicted octanol–water partition coefficient (Wildman–Crippen LogP) is 1.38. The number of carbonyl (C=O) groups is 1. The average Bonchev–Trinajstić information content (AvgIpc) is 3.27. The van der Waals surface area contributed by atoms with Crippen molar-refractivity contribution in [2.45, 2.75) is 46.1 Å². The lowest BCUT2D eigenvalue weighted by molar-refractivity contribution is -0.123. The molecule has 9 heteroatoms. The van der Waals surface area contributed by atoms with E-state index in [1.54, 1.807) is 6.92 Å². The van der Waals surface area contributed by atoms with E-state index in [2.05, 4.69) is 30.3 Å². The van der Waals surface area contributed by atoms with Gasteiger partial charge in [0.1, 0.15) is 0 Å². The minimum atomic E-state index is -0.0188. The molecule has 0 spiro atoms. The van der Waals surface area contributed by atoms with Crippen LogP contribution in [-0.4, -0.2) is 58.4 Å². The molecule has 3 atom stereocenters. The topological polar surface area (TPSA) is 106 Å². The number of aryl methyl sites for hydroxylation is 3. The summed E-state index contributed by atoms with van der Waals surface area (Å²) < 4.78 is 10.9. The van der Waals surface area contributed by atoms with Gasteiger partial charge in [-0.2, -0.15) is 4.98 Å². The number of anilines is 1. The highest BCUT2D eigenvalue weighted by molar-refractivity contribution is 5.76. The molecular formula is C20H28N6O3. The van der Waals surface area contributed by atoms with E-state index >= 15 is 0 Å². The zero-order chi connectivity index (χ0) is 20.4. The number of rotatable bonds is 6. The molecule has 0 aromatic carbocycles. The molecule has 4 heterocycles. The Morgan fingerprint density at radius 3 is 2.76 bits per heavy atom. The molecule has 2 fully saturated rings. The van der Waals surface area contributed by atoms with Gasteiger partial charge < -0.3 is 19.5 Å². The van der Waals surface area contributed by atoms with Crippen LogP contribution >= 0.6 is 0 Å². The van der Waals surface area contributed by atoms with Gasteiger partial charge in [-0.15, -0.1) is 0 Å². The van der Waals surface area contributed by atoms with Crippen molar-refractivity contribution in [1.82, 2.24) is 25.4 Å². The Bertz CT molecular complexity index is 849. The Kier molecular flexibility index (Phi) is 5.75. The molecule has 0 aliphatic carbocycles. The molecule has 2 aromatic heterocycles. The van der Waals surface area contributed by atoms with Gasteiger partial charge in [0.2, 0.25) is 17.7 Å². The van der Waals surface area contributed by atoms with Gasteiger partial charge >= 0.3 is 0 Å². The smallest absolute Gasteiger partial charge is 0.225 e. The Balaban J connectivity index is 1.26. The first-order valence-electron chi connectivity index (χ1n) is 10.2. The highest BCUT2D eigenvalue weighted by Crippen LogP contribution is 2.36. The van der Waals surface area contributed by atoms with E-state index in [-0.39, 0.29) is 12.0 Å². The van der Waals surface area contributed by atoms with E-state index in [1.165, 1.54) is 0 Å². The number of nitrogens with zero attached hydrogens (tertiary/aromatic N) is 5. The number of carbonyl (C=O) groups excluding carboxylic acids is 1. The summed E-state index contributed by atoms with van der Waals surface area (Å²) in [6, 6.07) is 1.99. The summed E-state index contributed by atoms with van der Waals surface area (Å²) in [5, 5.41) is 6.77. The van der Waals surface area contributed by atoms with Crippen LogP contribution in [0.4, 0.5) is 5.95 Å². The third kappa shape index (κ3) is 4.72. The van der Waals surface area contributed by atoms with Crippen molar-refractivity contribution in [3.8, 4) is 0 Å². The molecule has 2 aliphatic heterocycles. The minimum absolute atomic E-state index is 0.0101. The second-order valence-electron chi connectivity index (χ2n) is 8.01. The number of ether oxygens (including phenoxy) is 1.